The lowest BCUT2D eigenvalue weighted by Gasteiger charge is -2.08. The Bertz CT molecular complexity index is 1020. The number of hydrogen-bond acceptors (Lipinski definition) is 5. The predicted molar refractivity (Wildman–Crippen MR) is 107 cm³/mol. The fraction of sp³-hybridized carbons (Fsp3) is 0.0556. The summed E-state index contributed by atoms with van der Waals surface area (Å²) in [5.74, 6) is -1.70. The second-order valence-electron chi connectivity index (χ2n) is 5.54. The maximum absolute atomic E-state index is 12.5. The normalized spacial score (nSPS) is 17.1. The molecule has 0 saturated carbocycles. The van der Waals surface area contributed by atoms with Crippen molar-refractivity contribution >= 4 is 63.8 Å². The topological polar surface area (TPSA) is 90.2 Å². The Morgan fingerprint density at radius 1 is 1.22 bits per heavy atom. The van der Waals surface area contributed by atoms with E-state index < -0.39 is 5.97 Å². The molecule has 138 valence electrons. The van der Waals surface area contributed by atoms with E-state index in [1.807, 2.05) is 0 Å². The lowest BCUT2D eigenvalue weighted by atomic mass is 10.2. The van der Waals surface area contributed by atoms with Crippen molar-refractivity contribution in [1.29, 1.82) is 0 Å². The number of carboxylic acid groups (broad SMARTS) is 1. The molecule has 0 radical (unpaired) electrons. The molecule has 1 heterocycles. The fourth-order valence-electron chi connectivity index (χ4n) is 2.31. The number of aliphatic imine (C=N–C) groups is 1. The molecular weight excluding hydrogens is 411 g/mol. The number of carbonyl (C=O) groups is 2. The Morgan fingerprint density at radius 2 is 1.96 bits per heavy atom. The van der Waals surface area contributed by atoms with Gasteiger partial charge in [-0.05, 0) is 53.7 Å². The van der Waals surface area contributed by atoms with Gasteiger partial charge in [0.1, 0.15) is 5.75 Å². The maximum Gasteiger partial charge on any atom is 0.338 e. The van der Waals surface area contributed by atoms with Gasteiger partial charge in [-0.1, -0.05) is 29.3 Å². The number of halogens is 2. The summed E-state index contributed by atoms with van der Waals surface area (Å²) in [6.07, 6.45) is 1.62. The summed E-state index contributed by atoms with van der Waals surface area (Å²) in [4.78, 5) is 29.8. The van der Waals surface area contributed by atoms with Crippen LogP contribution in [0.15, 0.2) is 46.3 Å². The van der Waals surface area contributed by atoms with Gasteiger partial charge in [0.25, 0.3) is 5.91 Å². The highest BCUT2D eigenvalue weighted by Crippen LogP contribution is 2.35. The first-order valence-electron chi connectivity index (χ1n) is 7.54. The Kier molecular flexibility index (Phi) is 5.46. The van der Waals surface area contributed by atoms with Crippen molar-refractivity contribution < 1.29 is 19.8 Å². The van der Waals surface area contributed by atoms with Gasteiger partial charge in [0, 0.05) is 17.1 Å². The van der Waals surface area contributed by atoms with Crippen LogP contribution >= 0.6 is 35.0 Å². The molecule has 1 fully saturated rings. The molecule has 27 heavy (non-hydrogen) atoms. The van der Waals surface area contributed by atoms with E-state index in [1.165, 1.54) is 17.0 Å². The molecular formula is C18H12Cl2N2O4S. The summed E-state index contributed by atoms with van der Waals surface area (Å²) in [6.45, 7) is 0. The summed E-state index contributed by atoms with van der Waals surface area (Å²) < 4.78 is 0. The first kappa shape index (κ1) is 19.3. The number of rotatable bonds is 3. The highest BCUT2D eigenvalue weighted by Gasteiger charge is 2.31. The number of carboxylic acids is 1. The van der Waals surface area contributed by atoms with Crippen molar-refractivity contribution in [2.75, 3.05) is 7.05 Å². The SMILES string of the molecule is CN1C(=O)/C(=C/c2ccc(Cl)cc2Cl)SC1=Nc1ccc(O)cc1C(=O)O. The van der Waals surface area contributed by atoms with Crippen LogP contribution in [0.2, 0.25) is 10.0 Å². The third-order valence-corrected chi connectivity index (χ3v) is 5.30. The van der Waals surface area contributed by atoms with Crippen LogP contribution in [0.25, 0.3) is 6.08 Å². The van der Waals surface area contributed by atoms with Crippen molar-refractivity contribution in [3.63, 3.8) is 0 Å². The van der Waals surface area contributed by atoms with E-state index in [1.54, 1.807) is 31.3 Å². The molecule has 3 rings (SSSR count). The lowest BCUT2D eigenvalue weighted by molar-refractivity contribution is -0.121. The zero-order valence-electron chi connectivity index (χ0n) is 13.8. The molecule has 0 aliphatic carbocycles. The van der Waals surface area contributed by atoms with Crippen LogP contribution in [-0.4, -0.2) is 39.2 Å². The fourth-order valence-corrected chi connectivity index (χ4v) is 3.74. The number of aromatic carboxylic acids is 1. The minimum atomic E-state index is -1.23. The standard InChI is InChI=1S/C18H12Cl2N2O4S/c1-22-16(24)15(6-9-2-3-10(19)7-13(9)20)27-18(22)21-14-5-4-11(23)8-12(14)17(25)26/h2-8,23H,1H3,(H,25,26)/b15-6-,21-18?. The average Bonchev–Trinajstić information content (AvgIpc) is 2.86. The van der Waals surface area contributed by atoms with Gasteiger partial charge in [-0.15, -0.1) is 0 Å². The Morgan fingerprint density at radius 3 is 2.63 bits per heavy atom. The minimum Gasteiger partial charge on any atom is -0.508 e. The molecule has 0 aromatic heterocycles. The number of likely N-dealkylation sites (N-methyl/N-ethyl adjacent to an activating group) is 1. The third kappa shape index (κ3) is 4.10. The first-order valence-corrected chi connectivity index (χ1v) is 9.11. The van der Waals surface area contributed by atoms with Gasteiger partial charge in [0.05, 0.1) is 16.2 Å². The minimum absolute atomic E-state index is 0.133. The second kappa shape index (κ2) is 7.64. The predicted octanol–water partition coefficient (Wildman–Crippen LogP) is 4.63. The van der Waals surface area contributed by atoms with Crippen LogP contribution < -0.4 is 0 Å². The van der Waals surface area contributed by atoms with Gasteiger partial charge < -0.3 is 10.2 Å². The quantitative estimate of drug-likeness (QED) is 0.703. The molecule has 0 unspecified atom stereocenters. The molecule has 1 saturated heterocycles. The van der Waals surface area contributed by atoms with Crippen LogP contribution in [0.4, 0.5) is 5.69 Å². The van der Waals surface area contributed by atoms with Crippen LogP contribution in [0.3, 0.4) is 0 Å². The van der Waals surface area contributed by atoms with Gasteiger partial charge in [0.15, 0.2) is 5.17 Å². The van der Waals surface area contributed by atoms with Crippen molar-refractivity contribution in [2.45, 2.75) is 0 Å². The lowest BCUT2D eigenvalue weighted by Crippen LogP contribution is -2.23. The smallest absolute Gasteiger partial charge is 0.338 e. The number of benzene rings is 2. The van der Waals surface area contributed by atoms with E-state index in [0.29, 0.717) is 25.7 Å². The number of hydrogen-bond donors (Lipinski definition) is 2. The summed E-state index contributed by atoms with van der Waals surface area (Å²) in [5.41, 5.74) is 0.595. The first-order chi connectivity index (χ1) is 12.8. The zero-order chi connectivity index (χ0) is 19.7. The molecule has 0 bridgehead atoms. The van der Waals surface area contributed by atoms with Gasteiger partial charge >= 0.3 is 5.97 Å². The monoisotopic (exact) mass is 422 g/mol. The molecule has 1 aliphatic rings. The maximum atomic E-state index is 12.5. The molecule has 1 amide bonds. The van der Waals surface area contributed by atoms with Crippen LogP contribution in [0.5, 0.6) is 5.75 Å². The van der Waals surface area contributed by atoms with Gasteiger partial charge in [-0.2, -0.15) is 0 Å². The molecule has 6 nitrogen and oxygen atoms in total. The number of nitrogens with zero attached hydrogens (tertiary/aromatic N) is 2. The molecule has 1 aliphatic heterocycles. The van der Waals surface area contributed by atoms with Crippen molar-refractivity contribution in [3.05, 3.63) is 62.5 Å². The van der Waals surface area contributed by atoms with Crippen LogP contribution in [0, 0.1) is 0 Å². The highest BCUT2D eigenvalue weighted by atomic mass is 35.5. The van der Waals surface area contributed by atoms with Gasteiger partial charge in [-0.3, -0.25) is 9.69 Å². The van der Waals surface area contributed by atoms with Crippen molar-refractivity contribution in [1.82, 2.24) is 4.90 Å². The summed E-state index contributed by atoms with van der Waals surface area (Å²) in [7, 11) is 1.54. The number of aromatic hydroxyl groups is 1. The van der Waals surface area contributed by atoms with E-state index >= 15 is 0 Å². The van der Waals surface area contributed by atoms with E-state index in [4.69, 9.17) is 23.2 Å². The number of carbonyl (C=O) groups excluding carboxylic acids is 1. The molecule has 0 spiro atoms. The van der Waals surface area contributed by atoms with Crippen molar-refractivity contribution in [2.24, 2.45) is 4.99 Å². The van der Waals surface area contributed by atoms with E-state index in [-0.39, 0.29) is 22.9 Å². The summed E-state index contributed by atoms with van der Waals surface area (Å²) in [5, 5.41) is 20.0. The Hall–Kier alpha value is -2.48. The summed E-state index contributed by atoms with van der Waals surface area (Å²) >= 11 is 13.1. The van der Waals surface area contributed by atoms with Gasteiger partial charge in [0.2, 0.25) is 0 Å². The number of amides is 1. The largest absolute Gasteiger partial charge is 0.508 e. The van der Waals surface area contributed by atoms with E-state index in [0.717, 1.165) is 17.8 Å². The van der Waals surface area contributed by atoms with E-state index in [2.05, 4.69) is 4.99 Å². The molecule has 2 N–H and O–H groups in total. The number of thioether (sulfide) groups is 1. The Balaban J connectivity index is 1.98. The van der Waals surface area contributed by atoms with Crippen LogP contribution in [0.1, 0.15) is 15.9 Å². The number of amidine groups is 1. The summed E-state index contributed by atoms with van der Waals surface area (Å²) in [6, 6.07) is 8.75. The van der Waals surface area contributed by atoms with Crippen LogP contribution in [-0.2, 0) is 4.79 Å². The molecule has 2 aromatic rings. The third-order valence-electron chi connectivity index (χ3n) is 3.68. The highest BCUT2D eigenvalue weighted by molar-refractivity contribution is 8.18. The molecule has 2 aromatic carbocycles. The molecule has 9 heteroatoms. The Labute approximate surface area is 168 Å². The number of phenols is 1. The average molecular weight is 423 g/mol. The van der Waals surface area contributed by atoms with E-state index in [9.17, 15) is 19.8 Å². The zero-order valence-corrected chi connectivity index (χ0v) is 16.1. The number of phenolic OH excluding ortho intramolecular Hbond substituents is 1. The van der Waals surface area contributed by atoms with Gasteiger partial charge in [-0.25, -0.2) is 9.79 Å². The second-order valence-corrected chi connectivity index (χ2v) is 7.39. The van der Waals surface area contributed by atoms with Crippen molar-refractivity contribution in [3.8, 4) is 5.75 Å². The molecule has 0 atom stereocenters.